The van der Waals surface area contributed by atoms with E-state index < -0.39 is 0 Å². The van der Waals surface area contributed by atoms with Crippen LogP contribution in [0.4, 0.5) is 5.69 Å². The minimum atomic E-state index is -0.0521. The number of nitriles is 1. The molecule has 4 nitrogen and oxygen atoms in total. The number of ether oxygens (including phenoxy) is 1. The van der Waals surface area contributed by atoms with Crippen LogP contribution in [-0.2, 0) is 4.74 Å². The first-order valence-corrected chi connectivity index (χ1v) is 7.67. The average molecular weight is 306 g/mol. The Bertz CT molecular complexity index is 750. The summed E-state index contributed by atoms with van der Waals surface area (Å²) >= 11 is 0. The van der Waals surface area contributed by atoms with Gasteiger partial charge in [0, 0.05) is 12.2 Å². The van der Waals surface area contributed by atoms with Gasteiger partial charge in [-0.05, 0) is 37.1 Å². The molecule has 1 saturated heterocycles. The molecule has 23 heavy (non-hydrogen) atoms. The van der Waals surface area contributed by atoms with Crippen LogP contribution in [-0.4, -0.2) is 18.4 Å². The SMILES string of the molecule is CC(=O)c1ccc(C#N)c(NC2CCOC2c2ccccc2)c1. The van der Waals surface area contributed by atoms with Gasteiger partial charge in [-0.1, -0.05) is 30.3 Å². The van der Waals surface area contributed by atoms with E-state index in [1.165, 1.54) is 6.92 Å². The van der Waals surface area contributed by atoms with Crippen molar-refractivity contribution in [3.8, 4) is 6.07 Å². The molecule has 0 amide bonds. The van der Waals surface area contributed by atoms with Crippen LogP contribution in [0.25, 0.3) is 0 Å². The fourth-order valence-corrected chi connectivity index (χ4v) is 2.89. The minimum Gasteiger partial charge on any atom is -0.378 e. The van der Waals surface area contributed by atoms with E-state index in [9.17, 15) is 10.1 Å². The topological polar surface area (TPSA) is 62.1 Å². The molecule has 1 N–H and O–H groups in total. The zero-order valence-electron chi connectivity index (χ0n) is 13.0. The van der Waals surface area contributed by atoms with Crippen molar-refractivity contribution in [1.82, 2.24) is 0 Å². The summed E-state index contributed by atoms with van der Waals surface area (Å²) in [5, 5.41) is 12.7. The Kier molecular flexibility index (Phi) is 4.40. The van der Waals surface area contributed by atoms with Crippen LogP contribution >= 0.6 is 0 Å². The maximum Gasteiger partial charge on any atom is 0.159 e. The normalized spacial score (nSPS) is 20.0. The van der Waals surface area contributed by atoms with Crippen molar-refractivity contribution in [2.24, 2.45) is 0 Å². The lowest BCUT2D eigenvalue weighted by atomic mass is 10.0. The summed E-state index contributed by atoms with van der Waals surface area (Å²) < 4.78 is 5.86. The molecule has 1 fully saturated rings. The van der Waals surface area contributed by atoms with Crippen molar-refractivity contribution in [2.45, 2.75) is 25.5 Å². The van der Waals surface area contributed by atoms with E-state index in [0.29, 0.717) is 23.4 Å². The van der Waals surface area contributed by atoms with E-state index in [0.717, 1.165) is 12.0 Å². The number of Topliss-reactive ketones (excluding diaryl/α,β-unsaturated/α-hetero) is 1. The highest BCUT2D eigenvalue weighted by molar-refractivity contribution is 5.95. The lowest BCUT2D eigenvalue weighted by Crippen LogP contribution is -2.23. The van der Waals surface area contributed by atoms with Crippen LogP contribution in [0.3, 0.4) is 0 Å². The first-order chi connectivity index (χ1) is 11.2. The van der Waals surface area contributed by atoms with E-state index in [4.69, 9.17) is 4.74 Å². The molecule has 0 radical (unpaired) electrons. The maximum absolute atomic E-state index is 11.6. The van der Waals surface area contributed by atoms with E-state index in [-0.39, 0.29) is 17.9 Å². The molecule has 2 atom stereocenters. The number of carbonyl (C=O) groups excluding carboxylic acids is 1. The maximum atomic E-state index is 11.6. The van der Waals surface area contributed by atoms with Crippen molar-refractivity contribution in [3.05, 3.63) is 65.2 Å². The van der Waals surface area contributed by atoms with E-state index in [1.54, 1.807) is 18.2 Å². The third kappa shape index (κ3) is 3.25. The number of hydrogen-bond donors (Lipinski definition) is 1. The first-order valence-electron chi connectivity index (χ1n) is 7.67. The number of carbonyl (C=O) groups is 1. The summed E-state index contributed by atoms with van der Waals surface area (Å²) in [5.41, 5.74) is 2.94. The number of ketones is 1. The Morgan fingerprint density at radius 1 is 1.26 bits per heavy atom. The van der Waals surface area contributed by atoms with Gasteiger partial charge >= 0.3 is 0 Å². The molecule has 0 aromatic heterocycles. The summed E-state index contributed by atoms with van der Waals surface area (Å²) in [7, 11) is 0. The van der Waals surface area contributed by atoms with Gasteiger partial charge in [0.25, 0.3) is 0 Å². The molecule has 0 spiro atoms. The Labute approximate surface area is 135 Å². The number of hydrogen-bond acceptors (Lipinski definition) is 4. The summed E-state index contributed by atoms with van der Waals surface area (Å²) in [6.07, 6.45) is 0.804. The highest BCUT2D eigenvalue weighted by atomic mass is 16.5. The van der Waals surface area contributed by atoms with Crippen molar-refractivity contribution in [1.29, 1.82) is 5.26 Å². The molecule has 4 heteroatoms. The second-order valence-corrected chi connectivity index (χ2v) is 5.67. The lowest BCUT2D eigenvalue weighted by Gasteiger charge is -2.22. The summed E-state index contributed by atoms with van der Waals surface area (Å²) in [6.45, 7) is 2.20. The second kappa shape index (κ2) is 6.64. The largest absolute Gasteiger partial charge is 0.378 e. The highest BCUT2D eigenvalue weighted by Crippen LogP contribution is 2.32. The zero-order chi connectivity index (χ0) is 16.2. The third-order valence-corrected chi connectivity index (χ3v) is 4.11. The van der Waals surface area contributed by atoms with Gasteiger partial charge in [-0.25, -0.2) is 0 Å². The average Bonchev–Trinajstić information content (AvgIpc) is 3.03. The molecule has 0 saturated carbocycles. The number of nitrogens with one attached hydrogen (secondary N) is 1. The molecular weight excluding hydrogens is 288 g/mol. The van der Waals surface area contributed by atoms with Crippen LogP contribution in [0.5, 0.6) is 0 Å². The van der Waals surface area contributed by atoms with Crippen LogP contribution in [0.15, 0.2) is 48.5 Å². The molecule has 1 heterocycles. The molecule has 116 valence electrons. The third-order valence-electron chi connectivity index (χ3n) is 4.11. The monoisotopic (exact) mass is 306 g/mol. The van der Waals surface area contributed by atoms with Crippen LogP contribution in [0, 0.1) is 11.3 Å². The molecule has 2 aromatic carbocycles. The molecule has 1 aliphatic heterocycles. The summed E-state index contributed by atoms with van der Waals surface area (Å²) in [4.78, 5) is 11.6. The zero-order valence-corrected chi connectivity index (χ0v) is 13.0. The predicted molar refractivity (Wildman–Crippen MR) is 88.3 cm³/mol. The Balaban J connectivity index is 1.87. The lowest BCUT2D eigenvalue weighted by molar-refractivity contribution is 0.101. The fourth-order valence-electron chi connectivity index (χ4n) is 2.89. The van der Waals surface area contributed by atoms with Gasteiger partial charge in [0.15, 0.2) is 5.78 Å². The minimum absolute atomic E-state index is 0.0141. The van der Waals surface area contributed by atoms with Crippen molar-refractivity contribution in [3.63, 3.8) is 0 Å². The van der Waals surface area contributed by atoms with Crippen LogP contribution in [0.2, 0.25) is 0 Å². The number of anilines is 1. The number of benzene rings is 2. The Morgan fingerprint density at radius 3 is 2.74 bits per heavy atom. The summed E-state index contributed by atoms with van der Waals surface area (Å²) in [6, 6.07) is 17.4. The molecule has 2 aromatic rings. The second-order valence-electron chi connectivity index (χ2n) is 5.67. The van der Waals surface area contributed by atoms with Crippen LogP contribution in [0.1, 0.15) is 40.9 Å². The molecule has 0 bridgehead atoms. The van der Waals surface area contributed by atoms with Gasteiger partial charge < -0.3 is 10.1 Å². The number of nitrogens with zero attached hydrogens (tertiary/aromatic N) is 1. The summed E-state index contributed by atoms with van der Waals surface area (Å²) in [5.74, 6) is -0.0141. The van der Waals surface area contributed by atoms with Gasteiger partial charge in [-0.2, -0.15) is 5.26 Å². The standard InChI is InChI=1S/C19H18N2O2/c1-13(22)15-7-8-16(12-20)18(11-15)21-17-9-10-23-19(17)14-5-3-2-4-6-14/h2-8,11,17,19,21H,9-10H2,1H3. The number of rotatable bonds is 4. The quantitative estimate of drug-likeness (QED) is 0.875. The smallest absolute Gasteiger partial charge is 0.159 e. The van der Waals surface area contributed by atoms with Gasteiger partial charge in [-0.3, -0.25) is 4.79 Å². The molecule has 2 unspecified atom stereocenters. The van der Waals surface area contributed by atoms with Gasteiger partial charge in [0.1, 0.15) is 12.2 Å². The van der Waals surface area contributed by atoms with E-state index >= 15 is 0 Å². The Hall–Kier alpha value is -2.64. The molecule has 1 aliphatic rings. The first kappa shape index (κ1) is 15.3. The van der Waals surface area contributed by atoms with Gasteiger partial charge in [0.05, 0.1) is 17.3 Å². The predicted octanol–water partition coefficient (Wildman–Crippen LogP) is 3.70. The molecule has 3 rings (SSSR count). The van der Waals surface area contributed by atoms with E-state index in [2.05, 4.69) is 11.4 Å². The Morgan fingerprint density at radius 2 is 2.04 bits per heavy atom. The van der Waals surface area contributed by atoms with Crippen LogP contribution < -0.4 is 5.32 Å². The van der Waals surface area contributed by atoms with Gasteiger partial charge in [0.2, 0.25) is 0 Å². The van der Waals surface area contributed by atoms with Crippen molar-refractivity contribution < 1.29 is 9.53 Å². The molecule has 0 aliphatic carbocycles. The highest BCUT2D eigenvalue weighted by Gasteiger charge is 2.30. The fraction of sp³-hybridized carbons (Fsp3) is 0.263. The van der Waals surface area contributed by atoms with E-state index in [1.807, 2.05) is 30.3 Å². The molecular formula is C19H18N2O2. The van der Waals surface area contributed by atoms with Crippen molar-refractivity contribution in [2.75, 3.05) is 11.9 Å². The van der Waals surface area contributed by atoms with Gasteiger partial charge in [-0.15, -0.1) is 0 Å². The van der Waals surface area contributed by atoms with Crippen molar-refractivity contribution >= 4 is 11.5 Å².